The van der Waals surface area contributed by atoms with Gasteiger partial charge >= 0.3 is 5.37 Å². The van der Waals surface area contributed by atoms with Crippen molar-refractivity contribution in [2.24, 2.45) is 5.11 Å². The number of benzene rings is 2. The molecule has 0 spiro atoms. The molecule has 116 valence electrons. The van der Waals surface area contributed by atoms with Crippen molar-refractivity contribution in [1.29, 1.82) is 0 Å². The summed E-state index contributed by atoms with van der Waals surface area (Å²) in [7, 11) is -3.93. The number of sulfone groups is 1. The highest BCUT2D eigenvalue weighted by atomic mass is 79.9. The van der Waals surface area contributed by atoms with E-state index in [1.54, 1.807) is 18.2 Å². The summed E-state index contributed by atoms with van der Waals surface area (Å²) in [4.78, 5) is 6.02. The number of aryl methyl sites for hydroxylation is 1. The standard InChI is InChI=1S/C15H11BrN4O2S/c1-10-3-6-12(7-4-10)23(21,22)15(18-2)13-8-5-11(16)9-14(13)19-20-17/h3-9,15H,1H3. The molecule has 0 fully saturated rings. The first kappa shape index (κ1) is 17.0. The molecule has 1 atom stereocenters. The SMILES string of the molecule is [C-]#[N+]C(c1ccc(Br)cc1N=[N+]=[N-])S(=O)(=O)c1ccc(C)cc1. The van der Waals surface area contributed by atoms with Crippen LogP contribution in [0, 0.1) is 13.5 Å². The number of hydrogen-bond acceptors (Lipinski definition) is 3. The zero-order chi connectivity index (χ0) is 17.0. The smallest absolute Gasteiger partial charge is 0.291 e. The van der Waals surface area contributed by atoms with Crippen molar-refractivity contribution in [3.8, 4) is 0 Å². The van der Waals surface area contributed by atoms with E-state index in [9.17, 15) is 8.42 Å². The summed E-state index contributed by atoms with van der Waals surface area (Å²) in [5.74, 6) is 0. The first-order valence-electron chi connectivity index (χ1n) is 6.42. The van der Waals surface area contributed by atoms with E-state index >= 15 is 0 Å². The van der Waals surface area contributed by atoms with Crippen molar-refractivity contribution in [2.75, 3.05) is 0 Å². The van der Waals surface area contributed by atoms with E-state index in [0.29, 0.717) is 4.47 Å². The molecular formula is C15H11BrN4O2S. The van der Waals surface area contributed by atoms with Crippen LogP contribution in [0.2, 0.25) is 0 Å². The lowest BCUT2D eigenvalue weighted by Gasteiger charge is -2.10. The van der Waals surface area contributed by atoms with E-state index in [0.717, 1.165) is 5.56 Å². The molecule has 1 unspecified atom stereocenters. The average molecular weight is 391 g/mol. The number of halogens is 1. The van der Waals surface area contributed by atoms with Gasteiger partial charge < -0.3 is 0 Å². The maximum Gasteiger partial charge on any atom is 0.350 e. The minimum Gasteiger partial charge on any atom is -0.291 e. The normalized spacial score (nSPS) is 12.0. The fraction of sp³-hybridized carbons (Fsp3) is 0.133. The van der Waals surface area contributed by atoms with Crippen molar-refractivity contribution < 1.29 is 8.42 Å². The number of nitrogens with zero attached hydrogens (tertiary/aromatic N) is 4. The lowest BCUT2D eigenvalue weighted by atomic mass is 10.2. The van der Waals surface area contributed by atoms with E-state index < -0.39 is 15.2 Å². The third-order valence-electron chi connectivity index (χ3n) is 3.17. The van der Waals surface area contributed by atoms with E-state index in [1.165, 1.54) is 24.3 Å². The van der Waals surface area contributed by atoms with Gasteiger partial charge in [0.1, 0.15) is 0 Å². The summed E-state index contributed by atoms with van der Waals surface area (Å²) in [6.45, 7) is 9.17. The van der Waals surface area contributed by atoms with E-state index in [-0.39, 0.29) is 16.1 Å². The molecule has 0 N–H and O–H groups in total. The Hall–Kier alpha value is -2.33. The topological polar surface area (TPSA) is 87.3 Å². The van der Waals surface area contributed by atoms with Crippen LogP contribution in [0.5, 0.6) is 0 Å². The second kappa shape index (κ2) is 6.84. The molecule has 0 heterocycles. The summed E-state index contributed by atoms with van der Waals surface area (Å²) in [6, 6.07) is 10.8. The van der Waals surface area contributed by atoms with Crippen molar-refractivity contribution in [3.63, 3.8) is 0 Å². The highest BCUT2D eigenvalue weighted by Gasteiger charge is 2.36. The predicted molar refractivity (Wildman–Crippen MR) is 90.7 cm³/mol. The Morgan fingerprint density at radius 1 is 1.22 bits per heavy atom. The molecule has 0 saturated carbocycles. The molecule has 2 aromatic carbocycles. The third kappa shape index (κ3) is 3.54. The second-order valence-corrected chi connectivity index (χ2v) is 7.66. The maximum absolute atomic E-state index is 12.8. The van der Waals surface area contributed by atoms with Crippen molar-refractivity contribution in [2.45, 2.75) is 17.2 Å². The Morgan fingerprint density at radius 3 is 2.43 bits per heavy atom. The van der Waals surface area contributed by atoms with E-state index in [4.69, 9.17) is 12.1 Å². The number of rotatable bonds is 4. The van der Waals surface area contributed by atoms with Gasteiger partial charge in [0, 0.05) is 9.38 Å². The molecule has 6 nitrogen and oxygen atoms in total. The largest absolute Gasteiger partial charge is 0.350 e. The Labute approximate surface area is 142 Å². The Morgan fingerprint density at radius 2 is 1.87 bits per heavy atom. The lowest BCUT2D eigenvalue weighted by Crippen LogP contribution is -2.11. The highest BCUT2D eigenvalue weighted by molar-refractivity contribution is 9.10. The summed E-state index contributed by atoms with van der Waals surface area (Å²) in [5.41, 5.74) is 9.84. The van der Waals surface area contributed by atoms with Crippen molar-refractivity contribution in [1.82, 2.24) is 0 Å². The molecule has 0 aromatic heterocycles. The molecular weight excluding hydrogens is 380 g/mol. The molecule has 0 aliphatic rings. The minimum atomic E-state index is -3.93. The molecule has 8 heteroatoms. The van der Waals surface area contributed by atoms with Crippen LogP contribution in [-0.4, -0.2) is 8.42 Å². The molecule has 0 amide bonds. The van der Waals surface area contributed by atoms with Crippen LogP contribution < -0.4 is 0 Å². The Balaban J connectivity index is 2.63. The summed E-state index contributed by atoms with van der Waals surface area (Å²) >= 11 is 3.23. The van der Waals surface area contributed by atoms with Gasteiger partial charge in [0.15, 0.2) is 0 Å². The van der Waals surface area contributed by atoms with Crippen LogP contribution in [0.3, 0.4) is 0 Å². The third-order valence-corrected chi connectivity index (χ3v) is 5.54. The van der Waals surface area contributed by atoms with E-state index in [2.05, 4.69) is 30.8 Å². The van der Waals surface area contributed by atoms with Gasteiger partial charge in [-0.3, -0.25) is 4.85 Å². The number of hydrogen-bond donors (Lipinski definition) is 0. The van der Waals surface area contributed by atoms with Crippen LogP contribution in [-0.2, 0) is 9.84 Å². The van der Waals surface area contributed by atoms with Gasteiger partial charge in [-0.2, -0.15) is 0 Å². The monoisotopic (exact) mass is 390 g/mol. The Bertz CT molecular complexity index is 927. The number of azide groups is 1. The summed E-state index contributed by atoms with van der Waals surface area (Å²) in [5, 5.41) is 2.03. The van der Waals surface area contributed by atoms with Gasteiger partial charge in [0.2, 0.25) is 0 Å². The molecule has 0 saturated heterocycles. The molecule has 2 rings (SSSR count). The molecule has 0 radical (unpaired) electrons. The van der Waals surface area contributed by atoms with Gasteiger partial charge in [-0.05, 0) is 42.8 Å². The molecule has 0 aliphatic heterocycles. The summed E-state index contributed by atoms with van der Waals surface area (Å²) < 4.78 is 26.1. The van der Waals surface area contributed by atoms with Crippen LogP contribution in [0.4, 0.5) is 5.69 Å². The van der Waals surface area contributed by atoms with Crippen LogP contribution >= 0.6 is 15.9 Å². The fourth-order valence-electron chi connectivity index (χ4n) is 2.02. The average Bonchev–Trinajstić information content (AvgIpc) is 2.50. The maximum atomic E-state index is 12.8. The Kier molecular flexibility index (Phi) is 5.06. The minimum absolute atomic E-state index is 0.0545. The van der Waals surface area contributed by atoms with Crippen LogP contribution in [0.15, 0.2) is 56.9 Å². The van der Waals surface area contributed by atoms with Gasteiger partial charge in [-0.15, -0.1) is 0 Å². The van der Waals surface area contributed by atoms with E-state index in [1.807, 2.05) is 6.92 Å². The first-order chi connectivity index (χ1) is 10.9. The van der Waals surface area contributed by atoms with Gasteiger partial charge in [0.25, 0.3) is 9.84 Å². The molecule has 2 aromatic rings. The van der Waals surface area contributed by atoms with Gasteiger partial charge in [-0.25, -0.2) is 15.0 Å². The van der Waals surface area contributed by atoms with Crippen LogP contribution in [0.1, 0.15) is 16.5 Å². The van der Waals surface area contributed by atoms with Gasteiger partial charge in [0.05, 0.1) is 16.1 Å². The zero-order valence-electron chi connectivity index (χ0n) is 12.0. The predicted octanol–water partition coefficient (Wildman–Crippen LogP) is 5.09. The lowest BCUT2D eigenvalue weighted by molar-refractivity contribution is 0.590. The summed E-state index contributed by atoms with van der Waals surface area (Å²) in [6.07, 6.45) is 0. The molecule has 0 aliphatic carbocycles. The van der Waals surface area contributed by atoms with Crippen LogP contribution in [0.25, 0.3) is 15.3 Å². The second-order valence-electron chi connectivity index (χ2n) is 4.73. The fourth-order valence-corrected chi connectivity index (χ4v) is 3.82. The zero-order valence-corrected chi connectivity index (χ0v) is 14.4. The molecule has 23 heavy (non-hydrogen) atoms. The van der Waals surface area contributed by atoms with Crippen molar-refractivity contribution >= 4 is 31.5 Å². The molecule has 0 bridgehead atoms. The van der Waals surface area contributed by atoms with Crippen molar-refractivity contribution in [3.05, 3.63) is 79.9 Å². The van der Waals surface area contributed by atoms with Gasteiger partial charge in [-0.1, -0.05) is 38.7 Å². The first-order valence-corrected chi connectivity index (χ1v) is 8.75. The highest BCUT2D eigenvalue weighted by Crippen LogP contribution is 2.37. The quantitative estimate of drug-likeness (QED) is 0.315.